The van der Waals surface area contributed by atoms with Gasteiger partial charge in [0.05, 0.1) is 33.2 Å². The highest BCUT2D eigenvalue weighted by Crippen LogP contribution is 2.44. The predicted molar refractivity (Wildman–Crippen MR) is 128 cm³/mol. The highest BCUT2D eigenvalue weighted by Gasteiger charge is 2.47. The van der Waals surface area contributed by atoms with Gasteiger partial charge >= 0.3 is 12.1 Å². The smallest absolute Gasteiger partial charge is 0.411 e. The molecule has 3 aromatic rings. The summed E-state index contributed by atoms with van der Waals surface area (Å²) in [4.78, 5) is 26.6. The second-order valence-corrected chi connectivity index (χ2v) is 8.85. The third-order valence-electron chi connectivity index (χ3n) is 6.70. The molecule has 0 aromatic heterocycles. The first-order chi connectivity index (χ1) is 16.5. The number of hydrogen-bond donors (Lipinski definition) is 0. The fraction of sp³-hybridized carbons (Fsp3) is 0.286. The maximum atomic E-state index is 12.9. The summed E-state index contributed by atoms with van der Waals surface area (Å²) in [5.41, 5.74) is 7.14. The molecule has 0 bridgehead atoms. The van der Waals surface area contributed by atoms with Crippen molar-refractivity contribution in [2.45, 2.75) is 38.5 Å². The van der Waals surface area contributed by atoms with Crippen molar-refractivity contribution < 1.29 is 23.8 Å². The van der Waals surface area contributed by atoms with E-state index in [9.17, 15) is 9.59 Å². The van der Waals surface area contributed by atoms with Crippen molar-refractivity contribution in [3.8, 4) is 16.9 Å². The van der Waals surface area contributed by atoms with Gasteiger partial charge in [-0.25, -0.2) is 4.79 Å². The zero-order chi connectivity index (χ0) is 23.8. The number of hydrogen-bond acceptors (Lipinski definition) is 5. The molecule has 34 heavy (non-hydrogen) atoms. The van der Waals surface area contributed by atoms with Crippen molar-refractivity contribution in [2.75, 3.05) is 14.2 Å². The minimum Gasteiger partial charge on any atom is -0.496 e. The standard InChI is InChI=1S/C28H27NO5/c1-17-8-10-21(23-13-18(14-26(30)33-3)9-11-24(23)32-2)20(12-17)16-29-27-22-7-5-4-6-19(22)15-25(27)34-28(29)31/h4-13,25,27H,14-16H2,1-3H3/t25?,27-/m0/s1. The molecule has 1 amide bonds. The first-order valence-electron chi connectivity index (χ1n) is 11.4. The monoisotopic (exact) mass is 457 g/mol. The largest absolute Gasteiger partial charge is 0.496 e. The lowest BCUT2D eigenvalue weighted by molar-refractivity contribution is -0.139. The van der Waals surface area contributed by atoms with E-state index < -0.39 is 0 Å². The van der Waals surface area contributed by atoms with Crippen LogP contribution in [-0.2, 0) is 33.7 Å². The molecular formula is C28H27NO5. The van der Waals surface area contributed by atoms with Gasteiger partial charge in [-0.2, -0.15) is 0 Å². The van der Waals surface area contributed by atoms with Gasteiger partial charge in [0.15, 0.2) is 0 Å². The van der Waals surface area contributed by atoms with Gasteiger partial charge in [0.2, 0.25) is 0 Å². The van der Waals surface area contributed by atoms with Gasteiger partial charge < -0.3 is 14.2 Å². The number of methoxy groups -OCH3 is 2. The van der Waals surface area contributed by atoms with Crippen LogP contribution in [-0.4, -0.2) is 37.3 Å². The van der Waals surface area contributed by atoms with E-state index in [0.717, 1.165) is 39.8 Å². The highest BCUT2D eigenvalue weighted by atomic mass is 16.6. The van der Waals surface area contributed by atoms with Crippen molar-refractivity contribution in [1.29, 1.82) is 0 Å². The highest BCUT2D eigenvalue weighted by molar-refractivity contribution is 5.78. The number of esters is 1. The zero-order valence-corrected chi connectivity index (χ0v) is 19.5. The first kappa shape index (κ1) is 22.0. The van der Waals surface area contributed by atoms with E-state index in [1.807, 2.05) is 54.3 Å². The molecule has 1 aliphatic heterocycles. The van der Waals surface area contributed by atoms with Crippen LogP contribution < -0.4 is 4.74 Å². The van der Waals surface area contributed by atoms with Gasteiger partial charge in [0.25, 0.3) is 0 Å². The van der Waals surface area contributed by atoms with Crippen molar-refractivity contribution in [1.82, 2.24) is 4.90 Å². The van der Waals surface area contributed by atoms with Crippen LogP contribution in [0.2, 0.25) is 0 Å². The molecule has 2 aliphatic rings. The molecule has 174 valence electrons. The van der Waals surface area contributed by atoms with Crippen molar-refractivity contribution in [3.63, 3.8) is 0 Å². The number of fused-ring (bicyclic) bond motifs is 3. The fourth-order valence-corrected chi connectivity index (χ4v) is 5.10. The van der Waals surface area contributed by atoms with Crippen molar-refractivity contribution >= 4 is 12.1 Å². The molecule has 1 heterocycles. The number of aryl methyl sites for hydroxylation is 1. The zero-order valence-electron chi connectivity index (χ0n) is 19.5. The summed E-state index contributed by atoms with van der Waals surface area (Å²) in [6, 6.07) is 20.0. The molecule has 1 saturated heterocycles. The maximum absolute atomic E-state index is 12.9. The number of amides is 1. The second-order valence-electron chi connectivity index (χ2n) is 8.85. The summed E-state index contributed by atoms with van der Waals surface area (Å²) >= 11 is 0. The van der Waals surface area contributed by atoms with Gasteiger partial charge in [-0.1, -0.05) is 54.1 Å². The van der Waals surface area contributed by atoms with Crippen LogP contribution in [0.3, 0.4) is 0 Å². The Kier molecular flexibility index (Phi) is 5.74. The second kappa shape index (κ2) is 8.86. The molecule has 0 N–H and O–H groups in total. The van der Waals surface area contributed by atoms with E-state index in [-0.39, 0.29) is 30.6 Å². The van der Waals surface area contributed by atoms with Gasteiger partial charge in [-0.15, -0.1) is 0 Å². The normalized spacial score (nSPS) is 18.3. The van der Waals surface area contributed by atoms with E-state index in [1.54, 1.807) is 7.11 Å². The molecule has 1 fully saturated rings. The van der Waals surface area contributed by atoms with E-state index in [2.05, 4.69) is 18.2 Å². The summed E-state index contributed by atoms with van der Waals surface area (Å²) in [7, 11) is 3.01. The van der Waals surface area contributed by atoms with Crippen LogP contribution in [0.15, 0.2) is 60.7 Å². The third kappa shape index (κ3) is 3.89. The Morgan fingerprint density at radius 3 is 2.68 bits per heavy atom. The molecule has 1 unspecified atom stereocenters. The average Bonchev–Trinajstić information content (AvgIpc) is 3.34. The van der Waals surface area contributed by atoms with E-state index in [0.29, 0.717) is 12.3 Å². The Labute approximate surface area is 199 Å². The minimum absolute atomic E-state index is 0.0929. The summed E-state index contributed by atoms with van der Waals surface area (Å²) in [5.74, 6) is 0.401. The third-order valence-corrected chi connectivity index (χ3v) is 6.70. The number of ether oxygens (including phenoxy) is 3. The summed E-state index contributed by atoms with van der Waals surface area (Å²) < 4.78 is 16.3. The van der Waals surface area contributed by atoms with E-state index >= 15 is 0 Å². The lowest BCUT2D eigenvalue weighted by Crippen LogP contribution is -2.27. The predicted octanol–water partition coefficient (Wildman–Crippen LogP) is 5.00. The Balaban J connectivity index is 1.54. The lowest BCUT2D eigenvalue weighted by Gasteiger charge is -2.24. The molecule has 6 nitrogen and oxygen atoms in total. The number of carbonyl (C=O) groups excluding carboxylic acids is 2. The van der Waals surface area contributed by atoms with Crippen LogP contribution in [0.5, 0.6) is 5.75 Å². The molecule has 5 rings (SSSR count). The Bertz CT molecular complexity index is 1270. The van der Waals surface area contributed by atoms with Crippen molar-refractivity contribution in [3.05, 3.63) is 88.5 Å². The first-order valence-corrected chi connectivity index (χ1v) is 11.4. The van der Waals surface area contributed by atoms with Crippen LogP contribution >= 0.6 is 0 Å². The molecule has 2 atom stereocenters. The van der Waals surface area contributed by atoms with E-state index in [4.69, 9.17) is 14.2 Å². The summed E-state index contributed by atoms with van der Waals surface area (Å²) in [6.45, 7) is 2.45. The van der Waals surface area contributed by atoms with Crippen LogP contribution in [0.4, 0.5) is 4.79 Å². The molecule has 6 heteroatoms. The Morgan fingerprint density at radius 2 is 1.88 bits per heavy atom. The topological polar surface area (TPSA) is 65.1 Å². The molecule has 0 saturated carbocycles. The molecular weight excluding hydrogens is 430 g/mol. The Morgan fingerprint density at radius 1 is 1.06 bits per heavy atom. The molecule has 3 aromatic carbocycles. The Hall–Kier alpha value is -3.80. The van der Waals surface area contributed by atoms with Gasteiger partial charge in [0, 0.05) is 12.0 Å². The SMILES string of the molecule is COC(=O)Cc1ccc(OC)c(-c2ccc(C)cc2CN2C(=O)OC3Cc4ccccc4[C@@H]32)c1. The number of rotatable bonds is 6. The van der Waals surface area contributed by atoms with Gasteiger partial charge in [-0.3, -0.25) is 9.69 Å². The van der Waals surface area contributed by atoms with Crippen LogP contribution in [0.25, 0.3) is 11.1 Å². The lowest BCUT2D eigenvalue weighted by atomic mass is 9.94. The fourth-order valence-electron chi connectivity index (χ4n) is 5.10. The van der Waals surface area contributed by atoms with Gasteiger partial charge in [0.1, 0.15) is 11.9 Å². The summed E-state index contributed by atoms with van der Waals surface area (Å²) in [6.07, 6.45) is 0.473. The van der Waals surface area contributed by atoms with Crippen LogP contribution in [0, 0.1) is 6.92 Å². The molecule has 0 spiro atoms. The van der Waals surface area contributed by atoms with Crippen molar-refractivity contribution in [2.24, 2.45) is 0 Å². The number of carbonyl (C=O) groups is 2. The van der Waals surface area contributed by atoms with E-state index in [1.165, 1.54) is 12.7 Å². The molecule has 0 radical (unpaired) electrons. The summed E-state index contributed by atoms with van der Waals surface area (Å²) in [5, 5.41) is 0. The number of benzene rings is 3. The van der Waals surface area contributed by atoms with Crippen LogP contribution in [0.1, 0.15) is 33.9 Å². The minimum atomic E-state index is -0.300. The van der Waals surface area contributed by atoms with Gasteiger partial charge in [-0.05, 0) is 46.9 Å². The molecule has 1 aliphatic carbocycles. The average molecular weight is 458 g/mol. The maximum Gasteiger partial charge on any atom is 0.411 e. The number of nitrogens with zero attached hydrogens (tertiary/aromatic N) is 1. The quantitative estimate of drug-likeness (QED) is 0.487.